The molecular formula is C10H21N3O3S. The molecule has 6 nitrogen and oxygen atoms in total. The molecule has 0 radical (unpaired) electrons. The van der Waals surface area contributed by atoms with Crippen LogP contribution in [0.1, 0.15) is 26.7 Å². The van der Waals surface area contributed by atoms with Gasteiger partial charge in [-0.3, -0.25) is 4.79 Å². The summed E-state index contributed by atoms with van der Waals surface area (Å²) in [5, 5.41) is -0.572. The minimum absolute atomic E-state index is 0.0998. The van der Waals surface area contributed by atoms with Crippen LogP contribution in [0, 0.1) is 5.41 Å². The Bertz CT molecular complexity index is 392. The van der Waals surface area contributed by atoms with E-state index in [-0.39, 0.29) is 13.1 Å². The molecule has 0 aromatic rings. The van der Waals surface area contributed by atoms with Crippen LogP contribution >= 0.6 is 0 Å². The van der Waals surface area contributed by atoms with Crippen LogP contribution in [0.2, 0.25) is 0 Å². The Balaban J connectivity index is 2.88. The van der Waals surface area contributed by atoms with Crippen molar-refractivity contribution in [2.24, 2.45) is 16.9 Å². The highest BCUT2D eigenvalue weighted by Gasteiger charge is 2.44. The van der Waals surface area contributed by atoms with Gasteiger partial charge in [0.05, 0.1) is 10.7 Å². The molecule has 1 heterocycles. The molecule has 0 bridgehead atoms. The Hall–Kier alpha value is -0.660. The van der Waals surface area contributed by atoms with E-state index >= 15 is 0 Å². The summed E-state index contributed by atoms with van der Waals surface area (Å²) in [6.07, 6.45) is 0.950. The zero-order valence-corrected chi connectivity index (χ0v) is 11.2. The van der Waals surface area contributed by atoms with Crippen LogP contribution in [0.15, 0.2) is 0 Å². The quantitative estimate of drug-likeness (QED) is 0.680. The molecule has 100 valence electrons. The average Bonchev–Trinajstić information content (AvgIpc) is 2.64. The van der Waals surface area contributed by atoms with Gasteiger partial charge in [0.15, 0.2) is 0 Å². The summed E-state index contributed by atoms with van der Waals surface area (Å²) in [6, 6.07) is 0. The largest absolute Gasteiger partial charge is 0.369 e. The average molecular weight is 263 g/mol. The molecule has 0 saturated carbocycles. The molecule has 1 rings (SSSR count). The third kappa shape index (κ3) is 2.61. The second kappa shape index (κ2) is 4.91. The molecule has 1 amide bonds. The fourth-order valence-electron chi connectivity index (χ4n) is 2.05. The third-order valence-electron chi connectivity index (χ3n) is 3.53. The number of nitrogens with two attached hydrogens (primary N) is 2. The first-order chi connectivity index (χ1) is 7.78. The van der Waals surface area contributed by atoms with Crippen LogP contribution in [0.4, 0.5) is 0 Å². The number of carbonyl (C=O) groups is 1. The minimum atomic E-state index is -3.40. The molecule has 0 aromatic carbocycles. The van der Waals surface area contributed by atoms with Crippen molar-refractivity contribution in [2.45, 2.75) is 31.9 Å². The molecule has 4 N–H and O–H groups in total. The van der Waals surface area contributed by atoms with E-state index in [4.69, 9.17) is 11.5 Å². The molecule has 0 aliphatic carbocycles. The number of carbonyl (C=O) groups excluding carboxylic acids is 1. The van der Waals surface area contributed by atoms with E-state index < -0.39 is 26.6 Å². The van der Waals surface area contributed by atoms with Gasteiger partial charge >= 0.3 is 0 Å². The van der Waals surface area contributed by atoms with Crippen molar-refractivity contribution in [1.82, 2.24) is 4.31 Å². The molecule has 2 atom stereocenters. The normalized spacial score (nSPS) is 28.2. The highest BCUT2D eigenvalue weighted by atomic mass is 32.2. The maximum absolute atomic E-state index is 12.2. The van der Waals surface area contributed by atoms with Crippen molar-refractivity contribution in [3.05, 3.63) is 0 Å². The van der Waals surface area contributed by atoms with E-state index in [1.165, 1.54) is 4.31 Å². The molecular weight excluding hydrogens is 242 g/mol. The maximum atomic E-state index is 12.2. The van der Waals surface area contributed by atoms with Crippen molar-refractivity contribution in [2.75, 3.05) is 19.6 Å². The first-order valence-corrected chi connectivity index (χ1v) is 7.27. The summed E-state index contributed by atoms with van der Waals surface area (Å²) in [7, 11) is -3.40. The van der Waals surface area contributed by atoms with Gasteiger partial charge in [0.2, 0.25) is 15.9 Å². The molecule has 1 aliphatic heterocycles. The Morgan fingerprint density at radius 2 is 2.12 bits per heavy atom. The van der Waals surface area contributed by atoms with Gasteiger partial charge in [-0.05, 0) is 19.8 Å². The van der Waals surface area contributed by atoms with Gasteiger partial charge < -0.3 is 11.5 Å². The molecule has 0 aromatic heterocycles. The van der Waals surface area contributed by atoms with Crippen LogP contribution < -0.4 is 11.5 Å². The number of amides is 1. The topological polar surface area (TPSA) is 106 Å². The van der Waals surface area contributed by atoms with Gasteiger partial charge in [0.25, 0.3) is 0 Å². The lowest BCUT2D eigenvalue weighted by atomic mass is 9.89. The van der Waals surface area contributed by atoms with Gasteiger partial charge in [0, 0.05) is 19.6 Å². The molecule has 0 spiro atoms. The highest BCUT2D eigenvalue weighted by molar-refractivity contribution is 7.89. The first kappa shape index (κ1) is 14.4. The van der Waals surface area contributed by atoms with Crippen molar-refractivity contribution in [3.8, 4) is 0 Å². The van der Waals surface area contributed by atoms with Gasteiger partial charge in [-0.1, -0.05) is 6.92 Å². The van der Waals surface area contributed by atoms with Crippen LogP contribution in [0.3, 0.4) is 0 Å². The number of primary amides is 1. The smallest absolute Gasteiger partial charge is 0.224 e. The fourth-order valence-corrected chi connectivity index (χ4v) is 3.94. The van der Waals surface area contributed by atoms with Gasteiger partial charge in [-0.2, -0.15) is 0 Å². The predicted molar refractivity (Wildman–Crippen MR) is 65.5 cm³/mol. The number of hydrogen-bond donors (Lipinski definition) is 2. The van der Waals surface area contributed by atoms with E-state index in [2.05, 4.69) is 0 Å². The van der Waals surface area contributed by atoms with Crippen molar-refractivity contribution in [3.63, 3.8) is 0 Å². The molecule has 1 saturated heterocycles. The van der Waals surface area contributed by atoms with Crippen LogP contribution in [0.5, 0.6) is 0 Å². The van der Waals surface area contributed by atoms with E-state index in [9.17, 15) is 13.2 Å². The lowest BCUT2D eigenvalue weighted by molar-refractivity contribution is -0.126. The summed E-state index contributed by atoms with van der Waals surface area (Å²) in [4.78, 5) is 11.3. The standard InChI is InChI=1S/C10H21N3O3S/c1-3-8(6-11)17(15,16)13-5-4-10(2,7-13)9(12)14/h8H,3-7,11H2,1-2H3,(H2,12,14). The maximum Gasteiger partial charge on any atom is 0.224 e. The molecule has 7 heteroatoms. The van der Waals surface area contributed by atoms with Crippen LogP contribution in [-0.4, -0.2) is 43.5 Å². The second-order valence-corrected chi connectivity index (χ2v) is 7.03. The Morgan fingerprint density at radius 1 is 1.53 bits per heavy atom. The summed E-state index contributed by atoms with van der Waals surface area (Å²) in [5.41, 5.74) is 10.0. The van der Waals surface area contributed by atoms with Crippen LogP contribution in [0.25, 0.3) is 0 Å². The van der Waals surface area contributed by atoms with E-state index in [1.54, 1.807) is 13.8 Å². The minimum Gasteiger partial charge on any atom is -0.369 e. The van der Waals surface area contributed by atoms with E-state index in [0.29, 0.717) is 19.4 Å². The fraction of sp³-hybridized carbons (Fsp3) is 0.900. The lowest BCUT2D eigenvalue weighted by Gasteiger charge is -2.24. The zero-order chi connectivity index (χ0) is 13.3. The van der Waals surface area contributed by atoms with E-state index in [0.717, 1.165) is 0 Å². The Kier molecular flexibility index (Phi) is 4.16. The monoisotopic (exact) mass is 263 g/mol. The number of nitrogens with zero attached hydrogens (tertiary/aromatic N) is 1. The highest BCUT2D eigenvalue weighted by Crippen LogP contribution is 2.32. The first-order valence-electron chi connectivity index (χ1n) is 5.77. The predicted octanol–water partition coefficient (Wildman–Crippen LogP) is -0.749. The second-order valence-electron chi connectivity index (χ2n) is 4.82. The van der Waals surface area contributed by atoms with Crippen molar-refractivity contribution < 1.29 is 13.2 Å². The van der Waals surface area contributed by atoms with Crippen LogP contribution in [-0.2, 0) is 14.8 Å². The third-order valence-corrected chi connectivity index (χ3v) is 5.93. The summed E-state index contributed by atoms with van der Waals surface area (Å²) < 4.78 is 25.7. The molecule has 1 aliphatic rings. The SMILES string of the molecule is CCC(CN)S(=O)(=O)N1CCC(C)(C(N)=O)C1. The molecule has 2 unspecified atom stereocenters. The van der Waals surface area contributed by atoms with E-state index in [1.807, 2.05) is 0 Å². The number of sulfonamides is 1. The molecule has 17 heavy (non-hydrogen) atoms. The Labute approximate surface area is 102 Å². The van der Waals surface area contributed by atoms with Crippen molar-refractivity contribution in [1.29, 1.82) is 0 Å². The lowest BCUT2D eigenvalue weighted by Crippen LogP contribution is -2.43. The summed E-state index contributed by atoms with van der Waals surface area (Å²) in [5.74, 6) is -0.448. The van der Waals surface area contributed by atoms with Gasteiger partial charge in [-0.25, -0.2) is 12.7 Å². The summed E-state index contributed by atoms with van der Waals surface area (Å²) in [6.45, 7) is 4.11. The van der Waals surface area contributed by atoms with Gasteiger partial charge in [0.1, 0.15) is 0 Å². The number of hydrogen-bond acceptors (Lipinski definition) is 4. The van der Waals surface area contributed by atoms with Gasteiger partial charge in [-0.15, -0.1) is 0 Å². The summed E-state index contributed by atoms with van der Waals surface area (Å²) >= 11 is 0. The number of rotatable bonds is 5. The van der Waals surface area contributed by atoms with Crippen molar-refractivity contribution >= 4 is 15.9 Å². The Morgan fingerprint density at radius 3 is 2.47 bits per heavy atom. The zero-order valence-electron chi connectivity index (χ0n) is 10.3. The molecule has 1 fully saturated rings.